The molecule has 0 N–H and O–H groups in total. The highest BCUT2D eigenvalue weighted by molar-refractivity contribution is 5.66. The molecular formula is C12H10F8O2. The van der Waals surface area contributed by atoms with Gasteiger partial charge in [0.2, 0.25) is 11.3 Å². The highest BCUT2D eigenvalue weighted by atomic mass is 19.4. The van der Waals surface area contributed by atoms with Crippen molar-refractivity contribution in [2.75, 3.05) is 0 Å². The number of alkyl halides is 8. The highest BCUT2D eigenvalue weighted by Gasteiger charge is 3.04. The number of hydrogen-bond acceptors (Lipinski definition) is 2. The van der Waals surface area contributed by atoms with Crippen LogP contribution in [0.5, 0.6) is 0 Å². The molecule has 0 aliphatic heterocycles. The molecule has 126 valence electrons. The second kappa shape index (κ2) is 3.69. The van der Waals surface area contributed by atoms with Gasteiger partial charge in [-0.05, 0) is 12.8 Å². The Hall–Kier alpha value is -1.09. The molecule has 3 fully saturated rings. The van der Waals surface area contributed by atoms with Gasteiger partial charge in [0, 0.05) is 18.8 Å². The number of carbonyl (C=O) groups excluding carboxylic acids is 1. The van der Waals surface area contributed by atoms with Gasteiger partial charge in [-0.1, -0.05) is 0 Å². The van der Waals surface area contributed by atoms with Crippen LogP contribution in [0.3, 0.4) is 0 Å². The highest BCUT2D eigenvalue weighted by Crippen LogP contribution is 2.79. The summed E-state index contributed by atoms with van der Waals surface area (Å²) in [6, 6.07) is 0. The summed E-state index contributed by atoms with van der Waals surface area (Å²) in [6.07, 6.45) is -3.15. The Balaban J connectivity index is 2.17. The number of rotatable bonds is 1. The van der Waals surface area contributed by atoms with Crippen LogP contribution in [-0.2, 0) is 9.53 Å². The van der Waals surface area contributed by atoms with Crippen LogP contribution in [0.1, 0.15) is 19.8 Å². The first-order valence-electron chi connectivity index (χ1n) is 6.45. The molecule has 0 heterocycles. The zero-order valence-electron chi connectivity index (χ0n) is 11.0. The van der Waals surface area contributed by atoms with Crippen molar-refractivity contribution < 1.29 is 44.7 Å². The molecule has 0 aromatic carbocycles. The average Bonchev–Trinajstić information content (AvgIpc) is 2.88. The van der Waals surface area contributed by atoms with Crippen molar-refractivity contribution in [1.29, 1.82) is 0 Å². The zero-order chi connectivity index (χ0) is 16.9. The number of halogens is 8. The Labute approximate surface area is 118 Å². The second-order valence-electron chi connectivity index (χ2n) is 6.07. The Morgan fingerprint density at radius 2 is 1.36 bits per heavy atom. The third-order valence-electron chi connectivity index (χ3n) is 5.13. The van der Waals surface area contributed by atoms with E-state index in [-0.39, 0.29) is 0 Å². The smallest absolute Gasteiger partial charge is 0.378 e. The predicted molar refractivity (Wildman–Crippen MR) is 54.3 cm³/mol. The van der Waals surface area contributed by atoms with Crippen molar-refractivity contribution >= 4 is 5.97 Å². The summed E-state index contributed by atoms with van der Waals surface area (Å²) in [5, 5.41) is 0. The molecule has 0 amide bonds. The summed E-state index contributed by atoms with van der Waals surface area (Å²) < 4.78 is 116. The predicted octanol–water partition coefficient (Wildman–Crippen LogP) is 3.29. The van der Waals surface area contributed by atoms with E-state index >= 15 is 0 Å². The molecule has 5 unspecified atom stereocenters. The normalized spacial score (nSPS) is 50.0. The van der Waals surface area contributed by atoms with Gasteiger partial charge in [0.1, 0.15) is 6.10 Å². The van der Waals surface area contributed by atoms with E-state index in [4.69, 9.17) is 0 Å². The Kier molecular flexibility index (Phi) is 2.65. The lowest BCUT2D eigenvalue weighted by molar-refractivity contribution is -0.298. The lowest BCUT2D eigenvalue weighted by Gasteiger charge is -2.42. The summed E-state index contributed by atoms with van der Waals surface area (Å²) in [4.78, 5) is 10.8. The molecule has 3 saturated carbocycles. The van der Waals surface area contributed by atoms with Crippen molar-refractivity contribution in [2.24, 2.45) is 11.8 Å². The van der Waals surface area contributed by atoms with Crippen LogP contribution in [0.4, 0.5) is 35.1 Å². The number of fused-ring (bicyclic) bond motifs is 5. The third-order valence-corrected chi connectivity index (χ3v) is 5.13. The van der Waals surface area contributed by atoms with Crippen LogP contribution in [0.2, 0.25) is 0 Å². The van der Waals surface area contributed by atoms with Crippen molar-refractivity contribution in [2.45, 2.75) is 55.0 Å². The van der Waals surface area contributed by atoms with Crippen LogP contribution in [-0.4, -0.2) is 41.2 Å². The topological polar surface area (TPSA) is 26.3 Å². The Morgan fingerprint density at radius 1 is 0.864 bits per heavy atom. The first kappa shape index (κ1) is 15.8. The molecule has 0 saturated heterocycles. The number of esters is 1. The van der Waals surface area contributed by atoms with Crippen molar-refractivity contribution in [3.63, 3.8) is 0 Å². The lowest BCUT2D eigenvalue weighted by atomic mass is 9.73. The van der Waals surface area contributed by atoms with Gasteiger partial charge >= 0.3 is 23.7 Å². The minimum Gasteiger partial charge on any atom is -0.462 e. The van der Waals surface area contributed by atoms with Gasteiger partial charge in [0.25, 0.3) is 0 Å². The molecule has 3 aliphatic rings. The van der Waals surface area contributed by atoms with E-state index in [0.29, 0.717) is 0 Å². The first-order chi connectivity index (χ1) is 9.76. The number of ether oxygens (including phenoxy) is 1. The molecule has 5 atom stereocenters. The SMILES string of the molecule is CC(=O)OC1CC2CC1C1(F)C(F)(F)C(F)(F)C(F)(F)C21F. The van der Waals surface area contributed by atoms with Crippen LogP contribution >= 0.6 is 0 Å². The summed E-state index contributed by atoms with van der Waals surface area (Å²) in [6.45, 7) is 0.857. The quantitative estimate of drug-likeness (QED) is 0.542. The largest absolute Gasteiger partial charge is 0.462 e. The minimum atomic E-state index is -6.18. The fourth-order valence-corrected chi connectivity index (χ4v) is 4.25. The van der Waals surface area contributed by atoms with Gasteiger partial charge in [-0.25, -0.2) is 8.78 Å². The van der Waals surface area contributed by atoms with Gasteiger partial charge in [-0.15, -0.1) is 0 Å². The molecule has 3 rings (SSSR count). The average molecular weight is 338 g/mol. The van der Waals surface area contributed by atoms with Crippen molar-refractivity contribution in [3.05, 3.63) is 0 Å². The maximum absolute atomic E-state index is 14.8. The molecule has 0 spiro atoms. The Morgan fingerprint density at radius 3 is 1.86 bits per heavy atom. The van der Waals surface area contributed by atoms with Crippen LogP contribution < -0.4 is 0 Å². The molecule has 2 nitrogen and oxygen atoms in total. The van der Waals surface area contributed by atoms with Gasteiger partial charge in [0.15, 0.2) is 0 Å². The molecule has 2 bridgehead atoms. The fraction of sp³-hybridized carbons (Fsp3) is 0.917. The maximum Gasteiger partial charge on any atom is 0.378 e. The molecule has 22 heavy (non-hydrogen) atoms. The van der Waals surface area contributed by atoms with E-state index < -0.39 is 65.9 Å². The van der Waals surface area contributed by atoms with Crippen LogP contribution in [0, 0.1) is 11.8 Å². The van der Waals surface area contributed by atoms with Gasteiger partial charge in [0.05, 0.1) is 0 Å². The van der Waals surface area contributed by atoms with E-state index in [1.54, 1.807) is 0 Å². The monoisotopic (exact) mass is 338 g/mol. The lowest BCUT2D eigenvalue weighted by Crippen LogP contribution is -2.63. The summed E-state index contributed by atoms with van der Waals surface area (Å²) in [5.74, 6) is -23.3. The maximum atomic E-state index is 14.8. The van der Waals surface area contributed by atoms with Crippen molar-refractivity contribution in [1.82, 2.24) is 0 Å². The molecule has 0 radical (unpaired) electrons. The van der Waals surface area contributed by atoms with E-state index in [0.717, 1.165) is 6.92 Å². The van der Waals surface area contributed by atoms with E-state index in [1.165, 1.54) is 0 Å². The summed E-state index contributed by atoms with van der Waals surface area (Å²) in [5.41, 5.74) is -9.50. The molecule has 3 aliphatic carbocycles. The van der Waals surface area contributed by atoms with Crippen LogP contribution in [0.25, 0.3) is 0 Å². The van der Waals surface area contributed by atoms with Crippen LogP contribution in [0.15, 0.2) is 0 Å². The van der Waals surface area contributed by atoms with E-state index in [9.17, 15) is 39.9 Å². The second-order valence-corrected chi connectivity index (χ2v) is 6.07. The molecule has 10 heteroatoms. The van der Waals surface area contributed by atoms with Crippen molar-refractivity contribution in [3.8, 4) is 0 Å². The molecule has 0 aromatic rings. The molecule has 0 aromatic heterocycles. The summed E-state index contributed by atoms with van der Waals surface area (Å²) in [7, 11) is 0. The van der Waals surface area contributed by atoms with E-state index in [2.05, 4.69) is 4.74 Å². The molecular weight excluding hydrogens is 328 g/mol. The minimum absolute atomic E-state index is 0.700. The summed E-state index contributed by atoms with van der Waals surface area (Å²) >= 11 is 0. The number of hydrogen-bond donors (Lipinski definition) is 0. The van der Waals surface area contributed by atoms with Gasteiger partial charge < -0.3 is 4.74 Å². The van der Waals surface area contributed by atoms with Gasteiger partial charge in [-0.3, -0.25) is 4.79 Å². The first-order valence-corrected chi connectivity index (χ1v) is 6.45. The Bertz CT molecular complexity index is 549. The standard InChI is InChI=1S/C12H10F8O2/c1-4(21)22-7-3-5-2-6(7)9(14)8(5,13)10(15,16)12(19,20)11(9,17)18/h5-7H,2-3H2,1H3. The van der Waals surface area contributed by atoms with Gasteiger partial charge in [-0.2, -0.15) is 26.3 Å². The third kappa shape index (κ3) is 1.17. The van der Waals surface area contributed by atoms with E-state index in [1.807, 2.05) is 0 Å². The fourth-order valence-electron chi connectivity index (χ4n) is 4.25. The number of carbonyl (C=O) groups is 1. The zero-order valence-corrected chi connectivity index (χ0v) is 11.0.